The first-order chi connectivity index (χ1) is 17.1. The van der Waals surface area contributed by atoms with E-state index >= 15 is 0 Å². The number of imidazole rings is 1. The van der Waals surface area contributed by atoms with Crippen LogP contribution in [0.15, 0.2) is 60.7 Å². The summed E-state index contributed by atoms with van der Waals surface area (Å²) in [5, 5.41) is 4.28. The van der Waals surface area contributed by atoms with Crippen molar-refractivity contribution in [1.82, 2.24) is 14.9 Å². The van der Waals surface area contributed by atoms with Gasteiger partial charge in [0, 0.05) is 24.2 Å². The van der Waals surface area contributed by atoms with Crippen LogP contribution < -0.4 is 14.8 Å². The lowest BCUT2D eigenvalue weighted by Crippen LogP contribution is -2.16. The molecule has 4 aromatic rings. The highest BCUT2D eigenvalue weighted by atomic mass is 35.5. The van der Waals surface area contributed by atoms with Gasteiger partial charge in [0.25, 0.3) is 0 Å². The number of nitrogens with one attached hydrogen (secondary N) is 1. The summed E-state index contributed by atoms with van der Waals surface area (Å²) in [5.41, 5.74) is 3.02. The Hall–Kier alpha value is -2.73. The predicted octanol–water partition coefficient (Wildman–Crippen LogP) is 7.98. The number of unbranched alkanes of at least 4 members (excludes halogenated alkanes) is 1. The number of aryl methyl sites for hydroxylation is 1. The predicted molar refractivity (Wildman–Crippen MR) is 145 cm³/mol. The quantitative estimate of drug-likeness (QED) is 0.196. The molecule has 0 aliphatic carbocycles. The minimum atomic E-state index is 0.460. The van der Waals surface area contributed by atoms with Crippen molar-refractivity contribution in [1.29, 1.82) is 0 Å². The molecule has 0 bridgehead atoms. The van der Waals surface area contributed by atoms with Crippen molar-refractivity contribution in [2.24, 2.45) is 0 Å². The topological polar surface area (TPSA) is 48.3 Å². The van der Waals surface area contributed by atoms with Crippen LogP contribution in [-0.2, 0) is 6.54 Å². The highest BCUT2D eigenvalue weighted by Gasteiger charge is 2.14. The number of halogens is 2. The van der Waals surface area contributed by atoms with Gasteiger partial charge < -0.3 is 19.4 Å². The van der Waals surface area contributed by atoms with Crippen molar-refractivity contribution in [3.8, 4) is 28.6 Å². The van der Waals surface area contributed by atoms with E-state index in [1.165, 1.54) is 0 Å². The third-order valence-corrected chi connectivity index (χ3v) is 6.43. The summed E-state index contributed by atoms with van der Waals surface area (Å²) in [5.74, 6) is 3.12. The second-order valence-electron chi connectivity index (χ2n) is 8.35. The van der Waals surface area contributed by atoms with E-state index < -0.39 is 0 Å². The van der Waals surface area contributed by atoms with Gasteiger partial charge in [0.2, 0.25) is 0 Å². The van der Waals surface area contributed by atoms with Crippen molar-refractivity contribution in [2.45, 2.75) is 39.7 Å². The number of aromatic nitrogens is 2. The van der Waals surface area contributed by atoms with E-state index in [0.29, 0.717) is 28.2 Å². The van der Waals surface area contributed by atoms with Gasteiger partial charge in [-0.1, -0.05) is 55.6 Å². The van der Waals surface area contributed by atoms with Crippen LogP contribution in [0.4, 0.5) is 0 Å². The maximum Gasteiger partial charge on any atom is 0.141 e. The standard InChI is InChI=1S/C28H31Cl2N3O2/c1-3-5-15-33-27-19-21(34-16-7-14-31-4-2)11-13-26(27)32-28(33)20-8-6-9-22(17-20)35-23-10-12-24(29)25(30)18-23/h6,8-13,17-19,31H,3-5,7,14-16H2,1-2H3. The van der Waals surface area contributed by atoms with Gasteiger partial charge in [0.05, 0.1) is 27.7 Å². The van der Waals surface area contributed by atoms with Gasteiger partial charge in [-0.2, -0.15) is 0 Å². The zero-order valence-corrected chi connectivity index (χ0v) is 21.7. The van der Waals surface area contributed by atoms with Gasteiger partial charge in [-0.15, -0.1) is 0 Å². The molecule has 0 spiro atoms. The van der Waals surface area contributed by atoms with Gasteiger partial charge in [0.1, 0.15) is 23.1 Å². The maximum atomic E-state index is 6.15. The molecule has 0 fully saturated rings. The second-order valence-corrected chi connectivity index (χ2v) is 9.17. The molecular formula is C28H31Cl2N3O2. The van der Waals surface area contributed by atoms with Crippen LogP contribution in [0.3, 0.4) is 0 Å². The molecule has 1 heterocycles. The van der Waals surface area contributed by atoms with Gasteiger partial charge >= 0.3 is 0 Å². The smallest absolute Gasteiger partial charge is 0.141 e. The summed E-state index contributed by atoms with van der Waals surface area (Å²) in [6.07, 6.45) is 3.13. The van der Waals surface area contributed by atoms with Crippen LogP contribution >= 0.6 is 23.2 Å². The largest absolute Gasteiger partial charge is 0.493 e. The Morgan fingerprint density at radius 2 is 1.71 bits per heavy atom. The molecule has 0 saturated heterocycles. The van der Waals surface area contributed by atoms with Crippen LogP contribution in [-0.4, -0.2) is 29.2 Å². The first-order valence-corrected chi connectivity index (χ1v) is 12.9. The van der Waals surface area contributed by atoms with E-state index in [0.717, 1.165) is 67.1 Å². The molecular weight excluding hydrogens is 481 g/mol. The molecule has 35 heavy (non-hydrogen) atoms. The number of benzene rings is 3. The van der Waals surface area contributed by atoms with Crippen LogP contribution in [0.25, 0.3) is 22.4 Å². The molecule has 0 aliphatic rings. The molecule has 0 unspecified atom stereocenters. The van der Waals surface area contributed by atoms with Crippen molar-refractivity contribution in [3.05, 3.63) is 70.7 Å². The second kappa shape index (κ2) is 12.3. The van der Waals surface area contributed by atoms with E-state index in [1.54, 1.807) is 18.2 Å². The Labute approximate surface area is 217 Å². The summed E-state index contributed by atoms with van der Waals surface area (Å²) in [6.45, 7) is 7.80. The lowest BCUT2D eigenvalue weighted by atomic mass is 10.2. The summed E-state index contributed by atoms with van der Waals surface area (Å²) in [4.78, 5) is 4.97. The Balaban J connectivity index is 1.62. The number of hydrogen-bond acceptors (Lipinski definition) is 4. The van der Waals surface area contributed by atoms with E-state index in [9.17, 15) is 0 Å². The van der Waals surface area contributed by atoms with Crippen molar-refractivity contribution < 1.29 is 9.47 Å². The average Bonchev–Trinajstić information content (AvgIpc) is 3.23. The minimum Gasteiger partial charge on any atom is -0.493 e. The summed E-state index contributed by atoms with van der Waals surface area (Å²) in [6, 6.07) is 19.3. The SMILES string of the molecule is CCCCn1c(-c2cccc(Oc3ccc(Cl)c(Cl)c3)c2)nc2ccc(OCCCNCC)cc21. The van der Waals surface area contributed by atoms with Gasteiger partial charge in [-0.3, -0.25) is 0 Å². The van der Waals surface area contributed by atoms with Crippen LogP contribution in [0.5, 0.6) is 17.2 Å². The molecule has 0 radical (unpaired) electrons. The Morgan fingerprint density at radius 1 is 0.886 bits per heavy atom. The molecule has 3 aromatic carbocycles. The third-order valence-electron chi connectivity index (χ3n) is 5.69. The molecule has 0 atom stereocenters. The molecule has 0 amide bonds. The van der Waals surface area contributed by atoms with E-state index in [-0.39, 0.29) is 0 Å². The zero-order valence-electron chi connectivity index (χ0n) is 20.2. The number of fused-ring (bicyclic) bond motifs is 1. The van der Waals surface area contributed by atoms with Gasteiger partial charge in [-0.25, -0.2) is 4.98 Å². The summed E-state index contributed by atoms with van der Waals surface area (Å²) in [7, 11) is 0. The van der Waals surface area contributed by atoms with Crippen molar-refractivity contribution in [3.63, 3.8) is 0 Å². The van der Waals surface area contributed by atoms with Crippen LogP contribution in [0, 0.1) is 0 Å². The fraction of sp³-hybridized carbons (Fsp3) is 0.321. The molecule has 1 N–H and O–H groups in total. The summed E-state index contributed by atoms with van der Waals surface area (Å²) < 4.78 is 14.4. The highest BCUT2D eigenvalue weighted by Crippen LogP contribution is 2.33. The minimum absolute atomic E-state index is 0.460. The lowest BCUT2D eigenvalue weighted by Gasteiger charge is -2.12. The molecule has 0 aliphatic heterocycles. The molecule has 0 saturated carbocycles. The normalized spacial score (nSPS) is 11.2. The number of hydrogen-bond donors (Lipinski definition) is 1. The van der Waals surface area contributed by atoms with Crippen molar-refractivity contribution in [2.75, 3.05) is 19.7 Å². The van der Waals surface area contributed by atoms with Gasteiger partial charge in [0.15, 0.2) is 0 Å². The van der Waals surface area contributed by atoms with E-state index in [2.05, 4.69) is 35.9 Å². The maximum absolute atomic E-state index is 6.15. The Bertz CT molecular complexity index is 1270. The van der Waals surface area contributed by atoms with E-state index in [4.69, 9.17) is 37.7 Å². The third kappa shape index (κ3) is 6.49. The lowest BCUT2D eigenvalue weighted by molar-refractivity contribution is 0.309. The Kier molecular flexibility index (Phi) is 8.91. The monoisotopic (exact) mass is 511 g/mol. The van der Waals surface area contributed by atoms with Crippen molar-refractivity contribution >= 4 is 34.2 Å². The molecule has 4 rings (SSSR count). The highest BCUT2D eigenvalue weighted by molar-refractivity contribution is 6.42. The molecule has 184 valence electrons. The summed E-state index contributed by atoms with van der Waals surface area (Å²) >= 11 is 12.2. The fourth-order valence-corrected chi connectivity index (χ4v) is 4.18. The first-order valence-electron chi connectivity index (χ1n) is 12.2. The number of nitrogens with zero attached hydrogens (tertiary/aromatic N) is 2. The fourth-order valence-electron chi connectivity index (χ4n) is 3.89. The zero-order chi connectivity index (χ0) is 24.6. The molecule has 5 nitrogen and oxygen atoms in total. The number of ether oxygens (including phenoxy) is 2. The van der Waals surface area contributed by atoms with E-state index in [1.807, 2.05) is 30.3 Å². The average molecular weight is 512 g/mol. The molecule has 1 aromatic heterocycles. The van der Waals surface area contributed by atoms with Gasteiger partial charge in [-0.05, 0) is 62.3 Å². The van der Waals surface area contributed by atoms with Crippen LogP contribution in [0.1, 0.15) is 33.1 Å². The first kappa shape index (κ1) is 25.4. The molecule has 7 heteroatoms. The van der Waals surface area contributed by atoms with Crippen LogP contribution in [0.2, 0.25) is 10.0 Å². The Morgan fingerprint density at radius 3 is 2.51 bits per heavy atom. The number of rotatable bonds is 12.